The second kappa shape index (κ2) is 8.44. The molecule has 0 aliphatic heterocycles. The predicted molar refractivity (Wildman–Crippen MR) is 97.4 cm³/mol. The molecule has 0 bridgehead atoms. The first-order valence-corrected chi connectivity index (χ1v) is 10.2. The molecule has 0 saturated carbocycles. The monoisotopic (exact) mass is 410 g/mol. The largest absolute Gasteiger partial charge is 0.379 e. The minimum absolute atomic E-state index is 0.0972. The van der Waals surface area contributed by atoms with Gasteiger partial charge in [0.25, 0.3) is 0 Å². The molecule has 0 aliphatic carbocycles. The molecule has 0 radical (unpaired) electrons. The standard InChI is InChI=1S/C18H19BrO4S/c1-2-3-5-14-8-10-17(11-9-14)24(21,22)23-16-7-4-6-15(12-16)18(20)13-19/h4,6-12H,2-3,5,13H2,1H3. The molecule has 0 aromatic heterocycles. The summed E-state index contributed by atoms with van der Waals surface area (Å²) >= 11 is 3.09. The van der Waals surface area contributed by atoms with Gasteiger partial charge < -0.3 is 4.18 Å². The van der Waals surface area contributed by atoms with E-state index in [-0.39, 0.29) is 21.8 Å². The number of unbranched alkanes of at least 4 members (excludes halogenated alkanes) is 1. The Bertz CT molecular complexity index is 798. The number of aryl methyl sites for hydroxylation is 1. The maximum atomic E-state index is 12.4. The van der Waals surface area contributed by atoms with Gasteiger partial charge in [-0.1, -0.05) is 53.5 Å². The fourth-order valence-electron chi connectivity index (χ4n) is 2.18. The summed E-state index contributed by atoms with van der Waals surface area (Å²) in [5.74, 6) is -0.0185. The first kappa shape index (κ1) is 18.7. The van der Waals surface area contributed by atoms with Crippen molar-refractivity contribution in [3.8, 4) is 5.75 Å². The van der Waals surface area contributed by atoms with Gasteiger partial charge in [-0.25, -0.2) is 0 Å². The molecule has 6 heteroatoms. The van der Waals surface area contributed by atoms with Gasteiger partial charge >= 0.3 is 10.1 Å². The van der Waals surface area contributed by atoms with E-state index in [9.17, 15) is 13.2 Å². The summed E-state index contributed by atoms with van der Waals surface area (Å²) in [5.41, 5.74) is 1.50. The summed E-state index contributed by atoms with van der Waals surface area (Å²) in [4.78, 5) is 11.8. The van der Waals surface area contributed by atoms with Gasteiger partial charge in [0.2, 0.25) is 0 Å². The van der Waals surface area contributed by atoms with Crippen LogP contribution in [0.1, 0.15) is 35.7 Å². The molecule has 2 aromatic carbocycles. The quantitative estimate of drug-likeness (QED) is 0.368. The Kier molecular flexibility index (Phi) is 6.57. The zero-order chi connectivity index (χ0) is 17.6. The average molecular weight is 411 g/mol. The van der Waals surface area contributed by atoms with Gasteiger partial charge in [0.05, 0.1) is 5.33 Å². The first-order chi connectivity index (χ1) is 11.5. The van der Waals surface area contributed by atoms with Crippen LogP contribution in [0.25, 0.3) is 0 Å². The molecule has 0 heterocycles. The molecule has 2 rings (SSSR count). The SMILES string of the molecule is CCCCc1ccc(S(=O)(=O)Oc2cccc(C(=O)CBr)c2)cc1. The van der Waals surface area contributed by atoms with Crippen LogP contribution in [0, 0.1) is 0 Å². The van der Waals surface area contributed by atoms with Crippen LogP contribution in [-0.2, 0) is 16.5 Å². The fourth-order valence-corrected chi connectivity index (χ4v) is 3.42. The van der Waals surface area contributed by atoms with Gasteiger partial charge in [-0.15, -0.1) is 0 Å². The van der Waals surface area contributed by atoms with E-state index in [1.807, 2.05) is 0 Å². The van der Waals surface area contributed by atoms with Gasteiger partial charge in [-0.05, 0) is 42.7 Å². The third-order valence-corrected chi connectivity index (χ3v) is 5.29. The third-order valence-electron chi connectivity index (χ3n) is 3.51. The van der Waals surface area contributed by atoms with Crippen molar-refractivity contribution in [1.82, 2.24) is 0 Å². The zero-order valence-corrected chi connectivity index (χ0v) is 15.8. The lowest BCUT2D eigenvalue weighted by Gasteiger charge is -2.09. The number of hydrogen-bond acceptors (Lipinski definition) is 4. The Morgan fingerprint density at radius 2 is 1.83 bits per heavy atom. The number of alkyl halides is 1. The molecular weight excluding hydrogens is 392 g/mol. The van der Waals surface area contributed by atoms with Crippen LogP contribution in [0.15, 0.2) is 53.4 Å². The Morgan fingerprint density at radius 1 is 1.12 bits per heavy atom. The second-order valence-corrected chi connectivity index (χ2v) is 7.48. The highest BCUT2D eigenvalue weighted by molar-refractivity contribution is 9.09. The molecule has 0 saturated heterocycles. The molecule has 4 nitrogen and oxygen atoms in total. The lowest BCUT2D eigenvalue weighted by Crippen LogP contribution is -2.10. The van der Waals surface area contributed by atoms with Crippen molar-refractivity contribution in [2.45, 2.75) is 31.1 Å². The molecule has 0 spiro atoms. The Labute approximate surface area is 151 Å². The van der Waals surface area contributed by atoms with Crippen LogP contribution in [0.5, 0.6) is 5.75 Å². The van der Waals surface area contributed by atoms with Crippen molar-refractivity contribution < 1.29 is 17.4 Å². The smallest absolute Gasteiger partial charge is 0.339 e. The van der Waals surface area contributed by atoms with Gasteiger partial charge in [0.15, 0.2) is 5.78 Å². The minimum atomic E-state index is -3.92. The van der Waals surface area contributed by atoms with E-state index in [0.29, 0.717) is 5.56 Å². The summed E-state index contributed by atoms with van der Waals surface area (Å²) in [5, 5.41) is 0.169. The van der Waals surface area contributed by atoms with Crippen LogP contribution in [0.3, 0.4) is 0 Å². The highest BCUT2D eigenvalue weighted by atomic mass is 79.9. The number of rotatable bonds is 8. The maximum Gasteiger partial charge on any atom is 0.339 e. The van der Waals surface area contributed by atoms with Crippen molar-refractivity contribution >= 4 is 31.8 Å². The molecule has 0 N–H and O–H groups in total. The molecule has 0 fully saturated rings. The number of hydrogen-bond donors (Lipinski definition) is 0. The van der Waals surface area contributed by atoms with Gasteiger partial charge in [0.1, 0.15) is 10.6 Å². The van der Waals surface area contributed by atoms with Crippen LogP contribution in [0.4, 0.5) is 0 Å². The van der Waals surface area contributed by atoms with Crippen molar-refractivity contribution in [3.63, 3.8) is 0 Å². The van der Waals surface area contributed by atoms with Crippen molar-refractivity contribution in [1.29, 1.82) is 0 Å². The average Bonchev–Trinajstić information content (AvgIpc) is 2.59. The molecule has 0 aliphatic rings. The molecule has 128 valence electrons. The van der Waals surface area contributed by atoms with E-state index in [0.717, 1.165) is 24.8 Å². The summed E-state index contributed by atoms with van der Waals surface area (Å²) in [7, 11) is -3.92. The molecule has 2 aromatic rings. The van der Waals surface area contributed by atoms with Crippen molar-refractivity contribution in [2.24, 2.45) is 0 Å². The predicted octanol–water partition coefficient (Wildman–Crippen LogP) is 4.37. The van der Waals surface area contributed by atoms with E-state index >= 15 is 0 Å². The zero-order valence-electron chi connectivity index (χ0n) is 13.4. The topological polar surface area (TPSA) is 60.4 Å². The van der Waals surface area contributed by atoms with Crippen LogP contribution in [-0.4, -0.2) is 19.5 Å². The fraction of sp³-hybridized carbons (Fsp3) is 0.278. The lowest BCUT2D eigenvalue weighted by molar-refractivity contribution is 0.102. The van der Waals surface area contributed by atoms with E-state index in [2.05, 4.69) is 22.9 Å². The van der Waals surface area contributed by atoms with Crippen LogP contribution >= 0.6 is 15.9 Å². The summed E-state index contributed by atoms with van der Waals surface area (Å²) < 4.78 is 29.9. The maximum absolute atomic E-state index is 12.4. The van der Waals surface area contributed by atoms with Gasteiger partial charge in [-0.3, -0.25) is 4.79 Å². The summed E-state index contributed by atoms with van der Waals surface area (Å²) in [6.07, 6.45) is 3.08. The summed E-state index contributed by atoms with van der Waals surface area (Å²) in [6.45, 7) is 2.11. The number of benzene rings is 2. The first-order valence-electron chi connectivity index (χ1n) is 7.69. The molecule has 24 heavy (non-hydrogen) atoms. The number of Topliss-reactive ketones (excluding diaryl/α,β-unsaturated/α-hetero) is 1. The Morgan fingerprint density at radius 3 is 2.46 bits per heavy atom. The van der Waals surface area contributed by atoms with Crippen molar-refractivity contribution in [3.05, 3.63) is 59.7 Å². The highest BCUT2D eigenvalue weighted by Gasteiger charge is 2.17. The van der Waals surface area contributed by atoms with Gasteiger partial charge in [0, 0.05) is 5.56 Å². The van der Waals surface area contributed by atoms with Gasteiger partial charge in [-0.2, -0.15) is 8.42 Å². The third kappa shape index (κ3) is 4.92. The summed E-state index contributed by atoms with van der Waals surface area (Å²) in [6, 6.07) is 12.9. The van der Waals surface area contributed by atoms with Crippen LogP contribution < -0.4 is 4.18 Å². The second-order valence-electron chi connectivity index (χ2n) is 5.37. The molecular formula is C18H19BrO4S. The molecule has 0 amide bonds. The van der Waals surface area contributed by atoms with E-state index in [4.69, 9.17) is 4.18 Å². The van der Waals surface area contributed by atoms with Crippen molar-refractivity contribution in [2.75, 3.05) is 5.33 Å². The Balaban J connectivity index is 2.17. The number of carbonyl (C=O) groups excluding carboxylic acids is 1. The lowest BCUT2D eigenvalue weighted by atomic mass is 10.1. The highest BCUT2D eigenvalue weighted by Crippen LogP contribution is 2.21. The van der Waals surface area contributed by atoms with E-state index in [1.54, 1.807) is 36.4 Å². The molecule has 0 atom stereocenters. The normalized spacial score (nSPS) is 11.2. The minimum Gasteiger partial charge on any atom is -0.379 e. The van der Waals surface area contributed by atoms with Crippen LogP contribution in [0.2, 0.25) is 0 Å². The number of carbonyl (C=O) groups is 1. The van der Waals surface area contributed by atoms with E-state index in [1.165, 1.54) is 12.1 Å². The number of ketones is 1. The molecule has 0 unspecified atom stereocenters. The Hall–Kier alpha value is -1.66. The van der Waals surface area contributed by atoms with E-state index < -0.39 is 10.1 Å². The number of halogens is 1.